The summed E-state index contributed by atoms with van der Waals surface area (Å²) in [5.74, 6) is -0.0675. The van der Waals surface area contributed by atoms with Crippen LogP contribution in [0.5, 0.6) is 5.75 Å². The topological polar surface area (TPSA) is 83.5 Å². The minimum atomic E-state index is -0.894. The van der Waals surface area contributed by atoms with Crippen LogP contribution in [0.4, 0.5) is 5.69 Å². The van der Waals surface area contributed by atoms with E-state index in [9.17, 15) is 4.79 Å². The highest BCUT2D eigenvalue weighted by molar-refractivity contribution is 5.88. The molecule has 0 bridgehead atoms. The largest absolute Gasteiger partial charge is 0.508 e. The number of rotatable bonds is 3. The summed E-state index contributed by atoms with van der Waals surface area (Å²) in [7, 11) is 0. The number of nitrogens with two attached hydrogens (primary N) is 1. The maximum Gasteiger partial charge on any atom is 0.335 e. The first-order chi connectivity index (χ1) is 15.8. The molecular formula is C30H35NO3. The van der Waals surface area contributed by atoms with E-state index in [1.807, 2.05) is 12.1 Å². The Bertz CT molecular complexity index is 1180. The molecule has 0 radical (unpaired) electrons. The van der Waals surface area contributed by atoms with Gasteiger partial charge in [0.1, 0.15) is 5.75 Å². The van der Waals surface area contributed by atoms with E-state index in [0.29, 0.717) is 17.2 Å². The Morgan fingerprint density at radius 1 is 0.853 bits per heavy atom. The lowest BCUT2D eigenvalue weighted by Crippen LogP contribution is -2.30. The van der Waals surface area contributed by atoms with E-state index in [1.54, 1.807) is 36.4 Å². The van der Waals surface area contributed by atoms with Crippen LogP contribution in [0.3, 0.4) is 0 Å². The number of carboxylic acids is 1. The molecule has 0 amide bonds. The molecule has 1 atom stereocenters. The lowest BCUT2D eigenvalue weighted by Gasteiger charge is -2.32. The van der Waals surface area contributed by atoms with Gasteiger partial charge in [-0.3, -0.25) is 0 Å². The average molecular weight is 458 g/mol. The number of aromatic hydroxyl groups is 1. The molecule has 4 nitrogen and oxygen atoms in total. The van der Waals surface area contributed by atoms with Gasteiger partial charge in [0.25, 0.3) is 0 Å². The summed E-state index contributed by atoms with van der Waals surface area (Å²) >= 11 is 0. The van der Waals surface area contributed by atoms with E-state index in [0.717, 1.165) is 5.56 Å². The van der Waals surface area contributed by atoms with Crippen LogP contribution in [-0.2, 0) is 10.8 Å². The Morgan fingerprint density at radius 3 is 1.91 bits per heavy atom. The summed E-state index contributed by atoms with van der Waals surface area (Å²) in [6.45, 7) is 13.8. The minimum absolute atomic E-state index is 0.151. The fourth-order valence-corrected chi connectivity index (χ4v) is 4.78. The molecule has 0 spiro atoms. The first-order valence-electron chi connectivity index (χ1n) is 11.6. The SMILES string of the molecule is C/C(=C\c1ccc(C(=O)O)cc1)c1ccc2c(c1)C(C)(C)C(C)C2(C)C.Nc1ccc(O)cc1. The van der Waals surface area contributed by atoms with Crippen molar-refractivity contribution in [3.05, 3.63) is 94.5 Å². The van der Waals surface area contributed by atoms with Crippen molar-refractivity contribution in [2.75, 3.05) is 5.73 Å². The number of allylic oxidation sites excluding steroid dienone is 1. The minimum Gasteiger partial charge on any atom is -0.508 e. The standard InChI is InChI=1S/C24H28O2.C6H7NO/c1-15(13-17-7-9-18(10-8-17)22(25)26)19-11-12-20-21(14-19)24(5,6)16(2)23(20,3)4;7-5-1-3-6(8)4-2-5/h7-14,16H,1-6H3,(H,25,26);1-4,8H,7H2/b15-13+;. The Kier molecular flexibility index (Phi) is 6.92. The molecule has 4 heteroatoms. The second kappa shape index (κ2) is 9.38. The molecule has 0 saturated carbocycles. The zero-order valence-corrected chi connectivity index (χ0v) is 20.9. The molecule has 0 aliphatic heterocycles. The van der Waals surface area contributed by atoms with Crippen LogP contribution < -0.4 is 5.73 Å². The van der Waals surface area contributed by atoms with E-state index < -0.39 is 5.97 Å². The van der Waals surface area contributed by atoms with Gasteiger partial charge in [-0.25, -0.2) is 4.79 Å². The number of hydrogen-bond donors (Lipinski definition) is 3. The van der Waals surface area contributed by atoms with Crippen molar-refractivity contribution in [2.45, 2.75) is 52.4 Å². The van der Waals surface area contributed by atoms with E-state index in [-0.39, 0.29) is 16.6 Å². The van der Waals surface area contributed by atoms with Crippen molar-refractivity contribution in [1.82, 2.24) is 0 Å². The predicted molar refractivity (Wildman–Crippen MR) is 141 cm³/mol. The number of hydrogen-bond acceptors (Lipinski definition) is 3. The molecule has 0 heterocycles. The van der Waals surface area contributed by atoms with E-state index >= 15 is 0 Å². The van der Waals surface area contributed by atoms with Crippen molar-refractivity contribution in [2.24, 2.45) is 5.92 Å². The number of benzene rings is 3. The molecule has 0 saturated heterocycles. The lowest BCUT2D eigenvalue weighted by atomic mass is 9.71. The average Bonchev–Trinajstić information content (AvgIpc) is 2.93. The van der Waals surface area contributed by atoms with Gasteiger partial charge in [-0.15, -0.1) is 0 Å². The second-order valence-corrected chi connectivity index (χ2v) is 10.3. The monoisotopic (exact) mass is 457 g/mol. The van der Waals surface area contributed by atoms with Gasteiger partial charge >= 0.3 is 5.97 Å². The van der Waals surface area contributed by atoms with Gasteiger partial charge < -0.3 is 15.9 Å². The van der Waals surface area contributed by atoms with Crippen molar-refractivity contribution < 1.29 is 15.0 Å². The number of fused-ring (bicyclic) bond motifs is 1. The van der Waals surface area contributed by atoms with E-state index in [4.69, 9.17) is 15.9 Å². The molecule has 1 aliphatic carbocycles. The molecule has 4 N–H and O–H groups in total. The van der Waals surface area contributed by atoms with Crippen LogP contribution >= 0.6 is 0 Å². The van der Waals surface area contributed by atoms with Gasteiger partial charge in [-0.1, -0.05) is 71.0 Å². The summed E-state index contributed by atoms with van der Waals surface area (Å²) in [6, 6.07) is 20.3. The third-order valence-electron chi connectivity index (χ3n) is 7.46. The van der Waals surface area contributed by atoms with Crippen LogP contribution in [0.2, 0.25) is 0 Å². The van der Waals surface area contributed by atoms with Crippen LogP contribution in [0.25, 0.3) is 11.6 Å². The Balaban J connectivity index is 0.000000343. The number of aromatic carboxylic acids is 1. The number of carbonyl (C=O) groups is 1. The third kappa shape index (κ3) is 5.01. The third-order valence-corrected chi connectivity index (χ3v) is 7.46. The van der Waals surface area contributed by atoms with Gasteiger partial charge in [0.2, 0.25) is 0 Å². The van der Waals surface area contributed by atoms with Crippen molar-refractivity contribution in [3.63, 3.8) is 0 Å². The normalized spacial score (nSPS) is 17.9. The highest BCUT2D eigenvalue weighted by Gasteiger charge is 2.48. The maximum absolute atomic E-state index is 11.0. The summed E-state index contributed by atoms with van der Waals surface area (Å²) in [6.07, 6.45) is 2.11. The van der Waals surface area contributed by atoms with E-state index in [2.05, 4.69) is 65.8 Å². The Labute approximate surface area is 202 Å². The molecule has 4 rings (SSSR count). The van der Waals surface area contributed by atoms with Crippen LogP contribution in [0, 0.1) is 5.92 Å². The molecule has 3 aromatic rings. The Hall–Kier alpha value is -3.53. The van der Waals surface area contributed by atoms with Gasteiger partial charge in [0, 0.05) is 5.69 Å². The van der Waals surface area contributed by atoms with Gasteiger partial charge in [-0.05, 0) is 87.9 Å². The first-order valence-corrected chi connectivity index (χ1v) is 11.6. The summed E-state index contributed by atoms with van der Waals surface area (Å²) in [4.78, 5) is 11.0. The zero-order valence-electron chi connectivity index (χ0n) is 20.9. The number of nitrogen functional groups attached to an aromatic ring is 1. The van der Waals surface area contributed by atoms with Crippen molar-refractivity contribution >= 4 is 23.3 Å². The fourth-order valence-electron chi connectivity index (χ4n) is 4.78. The van der Waals surface area contributed by atoms with Crippen LogP contribution in [0.15, 0.2) is 66.7 Å². The molecule has 1 aliphatic rings. The number of phenols is 1. The molecule has 0 fully saturated rings. The summed E-state index contributed by atoms with van der Waals surface area (Å²) in [5.41, 5.74) is 13.0. The molecule has 178 valence electrons. The maximum atomic E-state index is 11.0. The van der Waals surface area contributed by atoms with Crippen LogP contribution in [0.1, 0.15) is 74.2 Å². The van der Waals surface area contributed by atoms with Gasteiger partial charge in [0.05, 0.1) is 5.56 Å². The summed E-state index contributed by atoms with van der Waals surface area (Å²) < 4.78 is 0. The highest BCUT2D eigenvalue weighted by atomic mass is 16.4. The van der Waals surface area contributed by atoms with E-state index in [1.165, 1.54) is 22.3 Å². The number of phenolic OH excluding ortho intramolecular Hbond substituents is 1. The molecular weight excluding hydrogens is 422 g/mol. The Morgan fingerprint density at radius 2 is 1.38 bits per heavy atom. The summed E-state index contributed by atoms with van der Waals surface area (Å²) in [5, 5.41) is 17.7. The van der Waals surface area contributed by atoms with Crippen LogP contribution in [-0.4, -0.2) is 16.2 Å². The van der Waals surface area contributed by atoms with Gasteiger partial charge in [0.15, 0.2) is 0 Å². The molecule has 3 aromatic carbocycles. The first kappa shape index (κ1) is 25.1. The van der Waals surface area contributed by atoms with Crippen molar-refractivity contribution in [1.29, 1.82) is 0 Å². The van der Waals surface area contributed by atoms with Crippen molar-refractivity contribution in [3.8, 4) is 5.75 Å². The quantitative estimate of drug-likeness (QED) is 0.222. The number of anilines is 1. The smallest absolute Gasteiger partial charge is 0.335 e. The molecule has 34 heavy (non-hydrogen) atoms. The second-order valence-electron chi connectivity index (χ2n) is 10.3. The van der Waals surface area contributed by atoms with Gasteiger partial charge in [-0.2, -0.15) is 0 Å². The lowest BCUT2D eigenvalue weighted by molar-refractivity contribution is 0.0697. The predicted octanol–water partition coefficient (Wildman–Crippen LogP) is 7.12. The fraction of sp³-hybridized carbons (Fsp3) is 0.300. The number of carboxylic acid groups (broad SMARTS) is 1. The molecule has 1 unspecified atom stereocenters. The highest BCUT2D eigenvalue weighted by Crippen LogP contribution is 2.53. The molecule has 0 aromatic heterocycles. The zero-order chi connectivity index (χ0) is 25.3.